The molecular formula is C20H22N4O4S. The van der Waals surface area contributed by atoms with Gasteiger partial charge in [-0.25, -0.2) is 8.42 Å². The molecule has 3 rings (SSSR count). The summed E-state index contributed by atoms with van der Waals surface area (Å²) < 4.78 is 30.8. The van der Waals surface area contributed by atoms with Crippen molar-refractivity contribution in [1.29, 1.82) is 0 Å². The van der Waals surface area contributed by atoms with Crippen LogP contribution < -0.4 is 9.62 Å². The van der Waals surface area contributed by atoms with Gasteiger partial charge in [-0.1, -0.05) is 47.1 Å². The molecule has 1 atom stereocenters. The summed E-state index contributed by atoms with van der Waals surface area (Å²) >= 11 is 0. The van der Waals surface area contributed by atoms with E-state index in [0.717, 1.165) is 21.7 Å². The lowest BCUT2D eigenvalue weighted by Crippen LogP contribution is -2.47. The highest BCUT2D eigenvalue weighted by Gasteiger charge is 2.29. The molecule has 1 aromatic heterocycles. The van der Waals surface area contributed by atoms with Crippen LogP contribution >= 0.6 is 0 Å². The van der Waals surface area contributed by atoms with Gasteiger partial charge >= 0.3 is 0 Å². The van der Waals surface area contributed by atoms with E-state index in [9.17, 15) is 13.2 Å². The third kappa shape index (κ3) is 5.00. The number of sulfonamides is 1. The van der Waals surface area contributed by atoms with E-state index in [2.05, 4.69) is 15.5 Å². The zero-order valence-electron chi connectivity index (χ0n) is 16.4. The number of nitrogens with zero attached hydrogens (tertiary/aromatic N) is 3. The number of anilines is 1. The molecule has 9 heteroatoms. The topological polar surface area (TPSA) is 105 Å². The number of aromatic nitrogens is 2. The van der Waals surface area contributed by atoms with Crippen LogP contribution in [0, 0.1) is 6.92 Å². The summed E-state index contributed by atoms with van der Waals surface area (Å²) in [4.78, 5) is 16.9. The number of amides is 1. The van der Waals surface area contributed by atoms with Crippen molar-refractivity contribution in [3.05, 3.63) is 66.1 Å². The zero-order valence-corrected chi connectivity index (χ0v) is 17.2. The van der Waals surface area contributed by atoms with Crippen LogP contribution in [0.25, 0.3) is 11.4 Å². The third-order valence-corrected chi connectivity index (χ3v) is 5.50. The van der Waals surface area contributed by atoms with E-state index in [4.69, 9.17) is 4.52 Å². The maximum atomic E-state index is 12.6. The fourth-order valence-electron chi connectivity index (χ4n) is 2.92. The average molecular weight is 414 g/mol. The van der Waals surface area contributed by atoms with E-state index >= 15 is 0 Å². The molecule has 0 aliphatic rings. The number of benzene rings is 2. The smallest absolute Gasteiger partial charge is 0.246 e. The molecule has 0 aliphatic heterocycles. The third-order valence-electron chi connectivity index (χ3n) is 4.26. The standard InChI is InChI=1S/C20H22N4O4S/c1-14-8-7-9-16(12-14)19-22-18(28-23-19)13-21-20(25)15(2)24(29(3,26)27)17-10-5-4-6-11-17/h4-12,15H,13H2,1-3H3,(H,21,25)/t15-/m1/s1. The van der Waals surface area contributed by atoms with Gasteiger partial charge in [-0.05, 0) is 32.0 Å². The van der Waals surface area contributed by atoms with Crippen LogP contribution in [0.1, 0.15) is 18.4 Å². The maximum Gasteiger partial charge on any atom is 0.246 e. The fourth-order valence-corrected chi connectivity index (χ4v) is 4.10. The molecule has 1 heterocycles. The molecule has 0 spiro atoms. The predicted octanol–water partition coefficient (Wildman–Crippen LogP) is 2.52. The summed E-state index contributed by atoms with van der Waals surface area (Å²) in [5.41, 5.74) is 2.29. The van der Waals surface area contributed by atoms with E-state index in [1.165, 1.54) is 6.92 Å². The van der Waals surface area contributed by atoms with E-state index in [-0.39, 0.29) is 12.4 Å². The van der Waals surface area contributed by atoms with Crippen molar-refractivity contribution >= 4 is 21.6 Å². The van der Waals surface area contributed by atoms with Gasteiger partial charge in [-0.2, -0.15) is 4.98 Å². The van der Waals surface area contributed by atoms with Crippen molar-refractivity contribution < 1.29 is 17.7 Å². The van der Waals surface area contributed by atoms with Crippen LogP contribution in [0.3, 0.4) is 0 Å². The van der Waals surface area contributed by atoms with E-state index < -0.39 is 22.0 Å². The number of hydrogen-bond donors (Lipinski definition) is 1. The molecule has 0 saturated heterocycles. The molecule has 0 saturated carbocycles. The van der Waals surface area contributed by atoms with E-state index in [1.54, 1.807) is 30.3 Å². The Hall–Kier alpha value is -3.20. The average Bonchev–Trinajstić information content (AvgIpc) is 3.15. The number of carbonyl (C=O) groups excluding carboxylic acids is 1. The number of nitrogens with one attached hydrogen (secondary N) is 1. The quantitative estimate of drug-likeness (QED) is 0.637. The number of para-hydroxylation sites is 1. The normalized spacial score (nSPS) is 12.4. The molecule has 152 valence electrons. The van der Waals surface area contributed by atoms with Crippen molar-refractivity contribution in [2.75, 3.05) is 10.6 Å². The summed E-state index contributed by atoms with van der Waals surface area (Å²) in [5.74, 6) is 0.176. The Morgan fingerprint density at radius 2 is 1.90 bits per heavy atom. The van der Waals surface area contributed by atoms with Gasteiger partial charge < -0.3 is 9.84 Å². The Balaban J connectivity index is 1.70. The Labute approximate surface area is 169 Å². The molecule has 0 aliphatic carbocycles. The van der Waals surface area contributed by atoms with Gasteiger partial charge in [0, 0.05) is 5.56 Å². The molecule has 1 N–H and O–H groups in total. The van der Waals surface area contributed by atoms with Gasteiger partial charge in [0.1, 0.15) is 6.04 Å². The highest BCUT2D eigenvalue weighted by Crippen LogP contribution is 2.20. The summed E-state index contributed by atoms with van der Waals surface area (Å²) in [6.45, 7) is 3.48. The molecule has 29 heavy (non-hydrogen) atoms. The van der Waals surface area contributed by atoms with Gasteiger partial charge in [0.25, 0.3) is 0 Å². The van der Waals surface area contributed by atoms with Gasteiger partial charge in [0.2, 0.25) is 27.6 Å². The summed E-state index contributed by atoms with van der Waals surface area (Å²) in [5, 5.41) is 6.58. The molecular weight excluding hydrogens is 392 g/mol. The molecule has 0 bridgehead atoms. The highest BCUT2D eigenvalue weighted by molar-refractivity contribution is 7.92. The van der Waals surface area contributed by atoms with Crippen LogP contribution in [0.4, 0.5) is 5.69 Å². The fraction of sp³-hybridized carbons (Fsp3) is 0.250. The highest BCUT2D eigenvalue weighted by atomic mass is 32.2. The first kappa shape index (κ1) is 20.5. The van der Waals surface area contributed by atoms with Crippen LogP contribution in [0.5, 0.6) is 0 Å². The Morgan fingerprint density at radius 1 is 1.17 bits per heavy atom. The Bertz CT molecular complexity index is 1100. The molecule has 8 nitrogen and oxygen atoms in total. The van der Waals surface area contributed by atoms with Gasteiger partial charge in [0.05, 0.1) is 18.5 Å². The number of aryl methyl sites for hydroxylation is 1. The summed E-state index contributed by atoms with van der Waals surface area (Å²) in [7, 11) is -3.66. The monoisotopic (exact) mass is 414 g/mol. The van der Waals surface area contributed by atoms with Gasteiger partial charge in [0.15, 0.2) is 0 Å². The van der Waals surface area contributed by atoms with E-state index in [0.29, 0.717) is 11.5 Å². The number of carbonyl (C=O) groups is 1. The van der Waals surface area contributed by atoms with Crippen LogP contribution in [0.2, 0.25) is 0 Å². The van der Waals surface area contributed by atoms with Crippen LogP contribution in [-0.2, 0) is 21.4 Å². The van der Waals surface area contributed by atoms with Gasteiger partial charge in [-0.3, -0.25) is 9.10 Å². The predicted molar refractivity (Wildman–Crippen MR) is 110 cm³/mol. The van der Waals surface area contributed by atoms with Gasteiger partial charge in [-0.15, -0.1) is 0 Å². The number of hydrogen-bond acceptors (Lipinski definition) is 6. The van der Waals surface area contributed by atoms with Crippen molar-refractivity contribution in [3.63, 3.8) is 0 Å². The van der Waals surface area contributed by atoms with Crippen molar-refractivity contribution in [2.24, 2.45) is 0 Å². The Kier molecular flexibility index (Phi) is 5.97. The molecule has 3 aromatic rings. The second-order valence-electron chi connectivity index (χ2n) is 6.67. The van der Waals surface area contributed by atoms with Crippen LogP contribution in [-0.4, -0.2) is 36.8 Å². The zero-order chi connectivity index (χ0) is 21.0. The summed E-state index contributed by atoms with van der Waals surface area (Å²) in [6.07, 6.45) is 1.07. The lowest BCUT2D eigenvalue weighted by atomic mass is 10.1. The maximum absolute atomic E-state index is 12.6. The molecule has 1 amide bonds. The second kappa shape index (κ2) is 8.44. The minimum atomic E-state index is -3.66. The first-order valence-electron chi connectivity index (χ1n) is 8.97. The van der Waals surface area contributed by atoms with E-state index in [1.807, 2.05) is 31.2 Å². The first-order chi connectivity index (χ1) is 13.8. The SMILES string of the molecule is Cc1cccc(-c2noc(CNC(=O)[C@@H](C)N(c3ccccc3)S(C)(=O)=O)n2)c1. The van der Waals surface area contributed by atoms with Crippen molar-refractivity contribution in [1.82, 2.24) is 15.5 Å². The lowest BCUT2D eigenvalue weighted by molar-refractivity contribution is -0.122. The van der Waals surface area contributed by atoms with Crippen molar-refractivity contribution in [2.45, 2.75) is 26.4 Å². The van der Waals surface area contributed by atoms with Crippen molar-refractivity contribution in [3.8, 4) is 11.4 Å². The molecule has 2 aromatic carbocycles. The summed E-state index contributed by atoms with van der Waals surface area (Å²) in [6, 6.07) is 15.2. The molecule has 0 fully saturated rings. The minimum absolute atomic E-state index is 0.00557. The molecule has 0 unspecified atom stereocenters. The minimum Gasteiger partial charge on any atom is -0.345 e. The largest absolute Gasteiger partial charge is 0.345 e. The van der Waals surface area contributed by atoms with Crippen LogP contribution in [0.15, 0.2) is 59.1 Å². The number of rotatable bonds is 7. The lowest BCUT2D eigenvalue weighted by Gasteiger charge is -2.28. The first-order valence-corrected chi connectivity index (χ1v) is 10.8. The molecule has 0 radical (unpaired) electrons. The Morgan fingerprint density at radius 3 is 2.55 bits per heavy atom. The second-order valence-corrected chi connectivity index (χ2v) is 8.53.